The Morgan fingerprint density at radius 2 is 2.28 bits per heavy atom. The summed E-state index contributed by atoms with van der Waals surface area (Å²) in [5, 5.41) is 11.8. The fourth-order valence-corrected chi connectivity index (χ4v) is 2.70. The summed E-state index contributed by atoms with van der Waals surface area (Å²) >= 11 is 6.06. The van der Waals surface area contributed by atoms with Crippen LogP contribution in [-0.2, 0) is 4.74 Å². The smallest absolute Gasteiger partial charge is 0.152 e. The Balaban J connectivity index is 1.96. The van der Waals surface area contributed by atoms with Gasteiger partial charge in [0.15, 0.2) is 5.58 Å². The summed E-state index contributed by atoms with van der Waals surface area (Å²) < 4.78 is 11.2. The van der Waals surface area contributed by atoms with Gasteiger partial charge < -0.3 is 14.3 Å². The van der Waals surface area contributed by atoms with Gasteiger partial charge in [-0.1, -0.05) is 30.7 Å². The second kappa shape index (κ2) is 4.57. The zero-order valence-electron chi connectivity index (χ0n) is 10.1. The van der Waals surface area contributed by atoms with E-state index in [0.29, 0.717) is 28.9 Å². The maximum atomic E-state index is 10.3. The van der Waals surface area contributed by atoms with E-state index in [-0.39, 0.29) is 6.10 Å². The minimum absolute atomic E-state index is 0.190. The van der Waals surface area contributed by atoms with Gasteiger partial charge in [0, 0.05) is 12.0 Å². The first-order chi connectivity index (χ1) is 8.66. The van der Waals surface area contributed by atoms with Crippen molar-refractivity contribution in [1.82, 2.24) is 0 Å². The molecule has 1 aromatic carbocycles. The summed E-state index contributed by atoms with van der Waals surface area (Å²) in [6, 6.07) is 7.39. The van der Waals surface area contributed by atoms with Crippen LogP contribution >= 0.6 is 11.6 Å². The monoisotopic (exact) mass is 266 g/mol. The van der Waals surface area contributed by atoms with Gasteiger partial charge in [-0.3, -0.25) is 0 Å². The molecule has 3 nitrogen and oxygen atoms in total. The van der Waals surface area contributed by atoms with E-state index in [2.05, 4.69) is 6.92 Å². The van der Waals surface area contributed by atoms with Crippen LogP contribution in [0.3, 0.4) is 0 Å². The van der Waals surface area contributed by atoms with Crippen molar-refractivity contribution in [2.24, 2.45) is 5.92 Å². The third kappa shape index (κ3) is 1.92. The van der Waals surface area contributed by atoms with Crippen LogP contribution in [0.2, 0.25) is 5.02 Å². The Bertz CT molecular complexity index is 563. The molecule has 0 radical (unpaired) electrons. The average Bonchev–Trinajstić information content (AvgIpc) is 2.95. The molecular formula is C14H15ClO3. The zero-order chi connectivity index (χ0) is 12.7. The van der Waals surface area contributed by atoms with E-state index in [1.54, 1.807) is 6.07 Å². The molecule has 1 aromatic heterocycles. The van der Waals surface area contributed by atoms with Crippen molar-refractivity contribution in [1.29, 1.82) is 0 Å². The molecule has 0 amide bonds. The SMILES string of the molecule is CC1CCOC1C(O)c1cc2cccc(Cl)c2o1. The van der Waals surface area contributed by atoms with Crippen LogP contribution in [0.4, 0.5) is 0 Å². The van der Waals surface area contributed by atoms with Gasteiger partial charge in [0.1, 0.15) is 11.9 Å². The molecular weight excluding hydrogens is 252 g/mol. The number of fused-ring (bicyclic) bond motifs is 1. The predicted octanol–water partition coefficient (Wildman–Crippen LogP) is 3.54. The van der Waals surface area contributed by atoms with Crippen molar-refractivity contribution in [3.8, 4) is 0 Å². The number of furan rings is 1. The van der Waals surface area contributed by atoms with Crippen molar-refractivity contribution >= 4 is 22.6 Å². The Labute approximate surface area is 110 Å². The Morgan fingerprint density at radius 3 is 2.94 bits per heavy atom. The van der Waals surface area contributed by atoms with Gasteiger partial charge in [-0.05, 0) is 24.5 Å². The molecule has 2 aromatic rings. The Morgan fingerprint density at radius 1 is 1.44 bits per heavy atom. The van der Waals surface area contributed by atoms with Crippen molar-refractivity contribution < 1.29 is 14.3 Å². The number of aliphatic hydroxyl groups is 1. The number of hydrogen-bond donors (Lipinski definition) is 1. The number of para-hydroxylation sites is 1. The summed E-state index contributed by atoms with van der Waals surface area (Å²) in [6.07, 6.45) is 0.0539. The fraction of sp³-hybridized carbons (Fsp3) is 0.429. The Hall–Kier alpha value is -1.03. The molecule has 1 fully saturated rings. The molecule has 1 aliphatic rings. The topological polar surface area (TPSA) is 42.6 Å². The van der Waals surface area contributed by atoms with E-state index in [0.717, 1.165) is 11.8 Å². The highest BCUT2D eigenvalue weighted by Gasteiger charge is 2.33. The number of benzene rings is 1. The van der Waals surface area contributed by atoms with Crippen LogP contribution in [0.1, 0.15) is 25.2 Å². The van der Waals surface area contributed by atoms with Crippen LogP contribution < -0.4 is 0 Å². The van der Waals surface area contributed by atoms with Crippen molar-refractivity contribution in [2.45, 2.75) is 25.6 Å². The fourth-order valence-electron chi connectivity index (χ4n) is 2.48. The van der Waals surface area contributed by atoms with Crippen molar-refractivity contribution in [3.63, 3.8) is 0 Å². The molecule has 96 valence electrons. The molecule has 3 unspecified atom stereocenters. The quantitative estimate of drug-likeness (QED) is 0.904. The minimum Gasteiger partial charge on any atom is -0.457 e. The normalized spacial score (nSPS) is 25.7. The second-order valence-electron chi connectivity index (χ2n) is 4.85. The van der Waals surface area contributed by atoms with Gasteiger partial charge in [0.2, 0.25) is 0 Å². The first-order valence-corrected chi connectivity index (χ1v) is 6.52. The average molecular weight is 267 g/mol. The maximum absolute atomic E-state index is 10.3. The molecule has 0 saturated carbocycles. The molecule has 1 aliphatic heterocycles. The molecule has 0 bridgehead atoms. The van der Waals surface area contributed by atoms with Gasteiger partial charge in [-0.15, -0.1) is 0 Å². The standard InChI is InChI=1S/C14H15ClO3/c1-8-5-6-17-13(8)12(16)11-7-9-3-2-4-10(15)14(9)18-11/h2-4,7-8,12-13,16H,5-6H2,1H3. The van der Waals surface area contributed by atoms with Gasteiger partial charge in [-0.25, -0.2) is 0 Å². The molecule has 3 rings (SSSR count). The zero-order valence-corrected chi connectivity index (χ0v) is 10.9. The molecule has 0 spiro atoms. The summed E-state index contributed by atoms with van der Waals surface area (Å²) in [5.74, 6) is 0.862. The summed E-state index contributed by atoms with van der Waals surface area (Å²) in [6.45, 7) is 2.78. The van der Waals surface area contributed by atoms with Gasteiger partial charge in [0.05, 0.1) is 11.1 Å². The number of aliphatic hydroxyl groups excluding tert-OH is 1. The lowest BCUT2D eigenvalue weighted by molar-refractivity contribution is -0.0270. The molecule has 0 aliphatic carbocycles. The van der Waals surface area contributed by atoms with Crippen LogP contribution in [0.25, 0.3) is 11.0 Å². The predicted molar refractivity (Wildman–Crippen MR) is 69.7 cm³/mol. The lowest BCUT2D eigenvalue weighted by Gasteiger charge is -2.19. The minimum atomic E-state index is -0.731. The van der Waals surface area contributed by atoms with E-state index < -0.39 is 6.10 Å². The molecule has 3 atom stereocenters. The summed E-state index contributed by atoms with van der Waals surface area (Å²) in [5.41, 5.74) is 0.624. The summed E-state index contributed by atoms with van der Waals surface area (Å²) in [7, 11) is 0. The highest BCUT2D eigenvalue weighted by molar-refractivity contribution is 6.34. The third-order valence-corrected chi connectivity index (χ3v) is 3.86. The van der Waals surface area contributed by atoms with E-state index in [9.17, 15) is 5.11 Å². The van der Waals surface area contributed by atoms with Crippen LogP contribution in [0.15, 0.2) is 28.7 Å². The van der Waals surface area contributed by atoms with Gasteiger partial charge in [-0.2, -0.15) is 0 Å². The van der Waals surface area contributed by atoms with Crippen molar-refractivity contribution in [2.75, 3.05) is 6.61 Å². The molecule has 1 saturated heterocycles. The van der Waals surface area contributed by atoms with Crippen LogP contribution in [0, 0.1) is 5.92 Å². The van der Waals surface area contributed by atoms with E-state index in [1.165, 1.54) is 0 Å². The second-order valence-corrected chi connectivity index (χ2v) is 5.26. The van der Waals surface area contributed by atoms with E-state index in [1.807, 2.05) is 18.2 Å². The first-order valence-electron chi connectivity index (χ1n) is 6.14. The summed E-state index contributed by atoms with van der Waals surface area (Å²) in [4.78, 5) is 0. The molecule has 1 N–H and O–H groups in total. The number of ether oxygens (including phenoxy) is 1. The van der Waals surface area contributed by atoms with Crippen molar-refractivity contribution in [3.05, 3.63) is 35.0 Å². The number of halogens is 1. The van der Waals surface area contributed by atoms with Crippen LogP contribution in [-0.4, -0.2) is 17.8 Å². The lowest BCUT2D eigenvalue weighted by Crippen LogP contribution is -2.22. The largest absolute Gasteiger partial charge is 0.457 e. The highest BCUT2D eigenvalue weighted by Crippen LogP contribution is 2.35. The number of hydrogen-bond acceptors (Lipinski definition) is 3. The van der Waals surface area contributed by atoms with Crippen LogP contribution in [0.5, 0.6) is 0 Å². The first kappa shape index (κ1) is 12.0. The van der Waals surface area contributed by atoms with Gasteiger partial charge in [0.25, 0.3) is 0 Å². The maximum Gasteiger partial charge on any atom is 0.152 e. The molecule has 2 heterocycles. The third-order valence-electron chi connectivity index (χ3n) is 3.56. The van der Waals surface area contributed by atoms with E-state index >= 15 is 0 Å². The lowest BCUT2D eigenvalue weighted by atomic mass is 9.98. The van der Waals surface area contributed by atoms with E-state index in [4.69, 9.17) is 20.8 Å². The Kier molecular flexibility index (Phi) is 3.06. The highest BCUT2D eigenvalue weighted by atomic mass is 35.5. The molecule has 4 heteroatoms. The number of rotatable bonds is 2. The van der Waals surface area contributed by atoms with Gasteiger partial charge >= 0.3 is 0 Å². The molecule has 18 heavy (non-hydrogen) atoms.